The molecule has 1 aliphatic rings. The van der Waals surface area contributed by atoms with Gasteiger partial charge in [-0.1, -0.05) is 19.1 Å². The first-order valence-corrected chi connectivity index (χ1v) is 10.9. The molecular formula is C20H16N2S3. The van der Waals surface area contributed by atoms with E-state index in [0.717, 1.165) is 40.4 Å². The average Bonchev–Trinajstić information content (AvgIpc) is 3.37. The van der Waals surface area contributed by atoms with Gasteiger partial charge in [-0.05, 0) is 58.7 Å². The van der Waals surface area contributed by atoms with E-state index < -0.39 is 0 Å². The molecule has 3 aromatic rings. The van der Waals surface area contributed by atoms with Crippen LogP contribution in [0.5, 0.6) is 0 Å². The van der Waals surface area contributed by atoms with Crippen molar-refractivity contribution in [1.29, 1.82) is 5.26 Å². The molecule has 0 radical (unpaired) electrons. The lowest BCUT2D eigenvalue weighted by molar-refractivity contribution is 1.05. The summed E-state index contributed by atoms with van der Waals surface area (Å²) >= 11 is 5.11. The van der Waals surface area contributed by atoms with Crippen molar-refractivity contribution in [2.75, 3.05) is 5.75 Å². The van der Waals surface area contributed by atoms with Gasteiger partial charge in [0.05, 0.1) is 11.3 Å². The van der Waals surface area contributed by atoms with Crippen LogP contribution in [0.1, 0.15) is 35.0 Å². The van der Waals surface area contributed by atoms with Crippen LogP contribution >= 0.6 is 34.4 Å². The molecule has 1 aliphatic carbocycles. The summed E-state index contributed by atoms with van der Waals surface area (Å²) in [4.78, 5) is 7.36. The Morgan fingerprint density at radius 1 is 1.24 bits per heavy atom. The molecule has 0 N–H and O–H groups in total. The molecule has 0 aliphatic heterocycles. The van der Waals surface area contributed by atoms with Gasteiger partial charge in [0.1, 0.15) is 11.1 Å². The van der Waals surface area contributed by atoms with Crippen LogP contribution in [-0.2, 0) is 6.42 Å². The number of thioether (sulfide) groups is 1. The van der Waals surface area contributed by atoms with Gasteiger partial charge in [0.15, 0.2) is 0 Å². The van der Waals surface area contributed by atoms with Crippen LogP contribution in [-0.4, -0.2) is 10.7 Å². The van der Waals surface area contributed by atoms with Crippen molar-refractivity contribution >= 4 is 46.1 Å². The minimum atomic E-state index is 0.741. The van der Waals surface area contributed by atoms with Crippen LogP contribution in [0.2, 0.25) is 0 Å². The Bertz CT molecular complexity index is 962. The first-order chi connectivity index (χ1) is 12.3. The molecule has 124 valence electrons. The predicted octanol–water partition coefficient (Wildman–Crippen LogP) is 6.34. The normalized spacial score (nSPS) is 14.6. The molecule has 0 saturated heterocycles. The Kier molecular flexibility index (Phi) is 4.76. The fraction of sp³-hybridized carbons (Fsp3) is 0.200. The number of allylic oxidation sites excluding steroid dienone is 1. The Morgan fingerprint density at radius 2 is 2.08 bits per heavy atom. The van der Waals surface area contributed by atoms with E-state index >= 15 is 0 Å². The van der Waals surface area contributed by atoms with E-state index in [-0.39, 0.29) is 0 Å². The zero-order valence-corrected chi connectivity index (χ0v) is 16.2. The zero-order valence-electron chi connectivity index (χ0n) is 13.8. The number of fused-ring (bicyclic) bond motifs is 1. The van der Waals surface area contributed by atoms with E-state index in [1.807, 2.05) is 0 Å². The Balaban J connectivity index is 1.95. The summed E-state index contributed by atoms with van der Waals surface area (Å²) in [5.74, 6) is 0.911. The average molecular weight is 381 g/mol. The number of thiophene rings is 2. The lowest BCUT2D eigenvalue weighted by Crippen LogP contribution is -1.99. The number of aromatic nitrogens is 1. The summed E-state index contributed by atoms with van der Waals surface area (Å²) in [7, 11) is 0. The summed E-state index contributed by atoms with van der Waals surface area (Å²) in [5, 5.41) is 14.9. The Morgan fingerprint density at radius 3 is 2.76 bits per heavy atom. The van der Waals surface area contributed by atoms with Crippen LogP contribution in [0.25, 0.3) is 22.1 Å². The Labute approximate surface area is 159 Å². The Hall–Kier alpha value is -1.87. The van der Waals surface area contributed by atoms with E-state index in [1.165, 1.54) is 20.9 Å². The van der Waals surface area contributed by atoms with Gasteiger partial charge in [0, 0.05) is 15.3 Å². The quantitative estimate of drug-likeness (QED) is 0.495. The molecule has 0 bridgehead atoms. The smallest absolute Gasteiger partial charge is 0.115 e. The van der Waals surface area contributed by atoms with Gasteiger partial charge in [-0.2, -0.15) is 5.26 Å². The third-order valence-corrected chi connectivity index (χ3v) is 6.80. The van der Waals surface area contributed by atoms with Gasteiger partial charge in [-0.15, -0.1) is 34.4 Å². The van der Waals surface area contributed by atoms with Gasteiger partial charge in [-0.25, -0.2) is 4.98 Å². The molecule has 0 spiro atoms. The summed E-state index contributed by atoms with van der Waals surface area (Å²) in [5.41, 5.74) is 5.46. The predicted molar refractivity (Wildman–Crippen MR) is 109 cm³/mol. The summed E-state index contributed by atoms with van der Waals surface area (Å²) < 4.78 is 0. The summed E-state index contributed by atoms with van der Waals surface area (Å²) in [6.07, 6.45) is 4.20. The molecule has 0 amide bonds. The van der Waals surface area contributed by atoms with Crippen molar-refractivity contribution < 1.29 is 0 Å². The number of nitrogens with zero attached hydrogens (tertiary/aromatic N) is 2. The number of pyridine rings is 1. The molecule has 0 fully saturated rings. The lowest BCUT2D eigenvalue weighted by atomic mass is 10.0. The van der Waals surface area contributed by atoms with Gasteiger partial charge in [-0.3, -0.25) is 0 Å². The molecular weight excluding hydrogens is 364 g/mol. The van der Waals surface area contributed by atoms with Crippen molar-refractivity contribution in [3.63, 3.8) is 0 Å². The molecule has 3 heterocycles. The van der Waals surface area contributed by atoms with E-state index in [4.69, 9.17) is 4.98 Å². The maximum atomic E-state index is 9.82. The fourth-order valence-corrected chi connectivity index (χ4v) is 5.42. The molecule has 25 heavy (non-hydrogen) atoms. The topological polar surface area (TPSA) is 36.7 Å². The second-order valence-corrected chi connectivity index (χ2v) is 8.88. The first kappa shape index (κ1) is 16.6. The number of hydrogen-bond donors (Lipinski definition) is 0. The van der Waals surface area contributed by atoms with E-state index in [9.17, 15) is 5.26 Å². The second-order valence-electron chi connectivity index (χ2n) is 5.70. The lowest BCUT2D eigenvalue weighted by Gasteiger charge is -2.13. The van der Waals surface area contributed by atoms with Gasteiger partial charge in [0.25, 0.3) is 0 Å². The van der Waals surface area contributed by atoms with Crippen LogP contribution in [0.4, 0.5) is 0 Å². The van der Waals surface area contributed by atoms with Gasteiger partial charge >= 0.3 is 0 Å². The highest BCUT2D eigenvalue weighted by molar-refractivity contribution is 7.99. The largest absolute Gasteiger partial charge is 0.240 e. The molecule has 0 unspecified atom stereocenters. The second kappa shape index (κ2) is 7.17. The monoisotopic (exact) mass is 380 g/mol. The maximum Gasteiger partial charge on any atom is 0.115 e. The van der Waals surface area contributed by atoms with Crippen molar-refractivity contribution in [1.82, 2.24) is 4.98 Å². The maximum absolute atomic E-state index is 9.82. The van der Waals surface area contributed by atoms with Crippen LogP contribution in [0.3, 0.4) is 0 Å². The highest BCUT2D eigenvalue weighted by Crippen LogP contribution is 2.44. The van der Waals surface area contributed by atoms with E-state index in [1.54, 1.807) is 34.4 Å². The highest BCUT2D eigenvalue weighted by atomic mass is 32.2. The SMILES string of the molecule is CCSc1nc2c(c(-c3cccs3)c1C#N)CC/C2=C\c1cccs1. The minimum Gasteiger partial charge on any atom is -0.240 e. The standard InChI is InChI=1S/C20H16N2S3/c1-2-23-20-16(12-21)18(17-6-4-10-25-17)15-8-7-13(19(15)22-20)11-14-5-3-9-24-14/h3-6,9-11H,2,7-8H2,1H3/b13-11+. The number of hydrogen-bond acceptors (Lipinski definition) is 5. The fourth-order valence-electron chi connectivity index (χ4n) is 3.21. The molecule has 0 saturated carbocycles. The third kappa shape index (κ3) is 3.06. The van der Waals surface area contributed by atoms with Crippen LogP contribution < -0.4 is 0 Å². The zero-order chi connectivity index (χ0) is 17.2. The molecule has 2 nitrogen and oxygen atoms in total. The van der Waals surface area contributed by atoms with E-state index in [0.29, 0.717) is 0 Å². The number of rotatable bonds is 4. The first-order valence-electron chi connectivity index (χ1n) is 8.20. The summed E-state index contributed by atoms with van der Waals surface area (Å²) in [6, 6.07) is 10.8. The van der Waals surface area contributed by atoms with E-state index in [2.05, 4.69) is 54.1 Å². The van der Waals surface area contributed by atoms with Crippen molar-refractivity contribution in [2.24, 2.45) is 0 Å². The highest BCUT2D eigenvalue weighted by Gasteiger charge is 2.27. The summed E-state index contributed by atoms with van der Waals surface area (Å²) in [6.45, 7) is 2.11. The van der Waals surface area contributed by atoms with Crippen LogP contribution in [0.15, 0.2) is 40.1 Å². The number of nitriles is 1. The van der Waals surface area contributed by atoms with Crippen LogP contribution in [0, 0.1) is 11.3 Å². The van der Waals surface area contributed by atoms with Gasteiger partial charge in [0.2, 0.25) is 0 Å². The molecule has 5 heteroatoms. The molecule has 0 aromatic carbocycles. The van der Waals surface area contributed by atoms with Gasteiger partial charge < -0.3 is 0 Å². The third-order valence-electron chi connectivity index (χ3n) is 4.23. The van der Waals surface area contributed by atoms with Crippen molar-refractivity contribution in [3.05, 3.63) is 56.7 Å². The van der Waals surface area contributed by atoms with Crippen molar-refractivity contribution in [2.45, 2.75) is 24.8 Å². The molecule has 0 atom stereocenters. The minimum absolute atomic E-state index is 0.741. The molecule has 3 aromatic heterocycles. The van der Waals surface area contributed by atoms with Crippen molar-refractivity contribution in [3.8, 4) is 16.5 Å². The molecule has 4 rings (SSSR count).